The monoisotopic (exact) mass is 352 g/mol. The molecule has 0 saturated carbocycles. The number of benzene rings is 1. The smallest absolute Gasteiger partial charge is 0.224 e. The third-order valence-corrected chi connectivity index (χ3v) is 4.77. The molecule has 0 bridgehead atoms. The zero-order valence-electron chi connectivity index (χ0n) is 12.1. The summed E-state index contributed by atoms with van der Waals surface area (Å²) in [6.07, 6.45) is 2.91. The fraction of sp³-hybridized carbons (Fsp3) is 0.562. The van der Waals surface area contributed by atoms with Gasteiger partial charge in [0.15, 0.2) is 0 Å². The van der Waals surface area contributed by atoms with Gasteiger partial charge in [0.25, 0.3) is 0 Å². The number of rotatable bonds is 3. The number of halogens is 1. The van der Waals surface area contributed by atoms with Crippen molar-refractivity contribution in [2.45, 2.75) is 31.4 Å². The van der Waals surface area contributed by atoms with Crippen LogP contribution in [0.5, 0.6) is 0 Å². The van der Waals surface area contributed by atoms with Crippen LogP contribution in [0.4, 0.5) is 0 Å². The molecule has 0 aliphatic carbocycles. The van der Waals surface area contributed by atoms with Crippen LogP contribution < -0.4 is 5.32 Å². The molecule has 0 aromatic heterocycles. The van der Waals surface area contributed by atoms with Crippen molar-refractivity contribution in [3.8, 4) is 0 Å². The molecule has 2 saturated heterocycles. The van der Waals surface area contributed by atoms with E-state index in [2.05, 4.69) is 33.4 Å². The van der Waals surface area contributed by atoms with Crippen LogP contribution in [0.1, 0.15) is 30.9 Å². The first-order valence-electron chi connectivity index (χ1n) is 7.60. The Hall–Kier alpha value is -0.910. The molecule has 1 N–H and O–H groups in total. The van der Waals surface area contributed by atoms with Crippen LogP contribution in [0, 0.1) is 0 Å². The Bertz CT molecular complexity index is 486. The number of morpholine rings is 1. The van der Waals surface area contributed by atoms with E-state index in [1.165, 1.54) is 6.42 Å². The van der Waals surface area contributed by atoms with Crippen LogP contribution in [0.25, 0.3) is 0 Å². The number of amides is 1. The molecule has 5 heteroatoms. The number of nitrogens with zero attached hydrogens (tertiary/aromatic N) is 1. The third-order valence-electron chi connectivity index (χ3n) is 4.24. The summed E-state index contributed by atoms with van der Waals surface area (Å²) in [5.41, 5.74) is 1.13. The van der Waals surface area contributed by atoms with Crippen LogP contribution in [-0.4, -0.2) is 43.1 Å². The lowest BCUT2D eigenvalue weighted by Crippen LogP contribution is -2.44. The van der Waals surface area contributed by atoms with Crippen LogP contribution in [0.2, 0.25) is 0 Å². The molecule has 2 aliphatic heterocycles. The highest BCUT2D eigenvalue weighted by molar-refractivity contribution is 9.10. The van der Waals surface area contributed by atoms with Gasteiger partial charge in [-0.05, 0) is 37.1 Å². The topological polar surface area (TPSA) is 41.6 Å². The molecule has 114 valence electrons. The maximum Gasteiger partial charge on any atom is 0.224 e. The average molecular weight is 353 g/mol. The van der Waals surface area contributed by atoms with Crippen LogP contribution >= 0.6 is 15.9 Å². The van der Waals surface area contributed by atoms with Crippen molar-refractivity contribution in [2.24, 2.45) is 0 Å². The first-order chi connectivity index (χ1) is 10.2. The number of carbonyl (C=O) groups excluding carboxylic acids is 1. The Kier molecular flexibility index (Phi) is 4.93. The second kappa shape index (κ2) is 6.90. The Labute approximate surface area is 134 Å². The molecule has 1 aromatic carbocycles. The van der Waals surface area contributed by atoms with E-state index in [1.54, 1.807) is 0 Å². The zero-order valence-corrected chi connectivity index (χ0v) is 13.6. The summed E-state index contributed by atoms with van der Waals surface area (Å²) in [6.45, 7) is 3.03. The quantitative estimate of drug-likeness (QED) is 0.908. The van der Waals surface area contributed by atoms with Crippen molar-refractivity contribution in [1.29, 1.82) is 0 Å². The van der Waals surface area contributed by atoms with E-state index in [9.17, 15) is 4.79 Å². The van der Waals surface area contributed by atoms with E-state index in [4.69, 9.17) is 4.74 Å². The van der Waals surface area contributed by atoms with Gasteiger partial charge in [0.2, 0.25) is 5.91 Å². The van der Waals surface area contributed by atoms with Crippen molar-refractivity contribution in [2.75, 3.05) is 26.2 Å². The Morgan fingerprint density at radius 1 is 1.38 bits per heavy atom. The molecule has 0 radical (unpaired) electrons. The molecular weight excluding hydrogens is 332 g/mol. The molecule has 2 heterocycles. The Balaban J connectivity index is 1.59. The highest BCUT2D eigenvalue weighted by Crippen LogP contribution is 2.24. The van der Waals surface area contributed by atoms with Crippen LogP contribution in [0.3, 0.4) is 0 Å². The minimum atomic E-state index is -0.00710. The lowest BCUT2D eigenvalue weighted by Gasteiger charge is -2.34. The second-order valence-electron chi connectivity index (χ2n) is 5.75. The summed E-state index contributed by atoms with van der Waals surface area (Å²) in [5, 5.41) is 3.39. The lowest BCUT2D eigenvalue weighted by molar-refractivity contribution is -0.139. The molecule has 2 unspecified atom stereocenters. The maximum atomic E-state index is 12.4. The van der Waals surface area contributed by atoms with E-state index in [1.807, 2.05) is 17.0 Å². The molecule has 3 rings (SSSR count). The van der Waals surface area contributed by atoms with Gasteiger partial charge in [0.05, 0.1) is 13.2 Å². The third kappa shape index (κ3) is 3.84. The standard InChI is InChI=1S/C16H21BrN2O2/c17-13-5-3-12(4-6-13)15-11-19(8-9-21-15)16(20)10-14-2-1-7-18-14/h3-6,14-15,18H,1-2,7-11H2. The van der Waals surface area contributed by atoms with Gasteiger partial charge in [0, 0.05) is 23.5 Å². The van der Waals surface area contributed by atoms with Gasteiger partial charge in [0.1, 0.15) is 6.10 Å². The minimum Gasteiger partial charge on any atom is -0.370 e. The second-order valence-corrected chi connectivity index (χ2v) is 6.66. The largest absolute Gasteiger partial charge is 0.370 e. The summed E-state index contributed by atoms with van der Waals surface area (Å²) in [6, 6.07) is 8.51. The van der Waals surface area contributed by atoms with Crippen molar-refractivity contribution in [1.82, 2.24) is 10.2 Å². The van der Waals surface area contributed by atoms with Gasteiger partial charge < -0.3 is 15.0 Å². The van der Waals surface area contributed by atoms with E-state index >= 15 is 0 Å². The minimum absolute atomic E-state index is 0.00710. The average Bonchev–Trinajstić information content (AvgIpc) is 3.01. The molecule has 0 spiro atoms. The molecule has 2 aliphatic rings. The van der Waals surface area contributed by atoms with Crippen LogP contribution in [-0.2, 0) is 9.53 Å². The van der Waals surface area contributed by atoms with Gasteiger partial charge in [-0.3, -0.25) is 4.79 Å². The first kappa shape index (κ1) is 15.0. The fourth-order valence-corrected chi connectivity index (χ4v) is 3.29. The number of hydrogen-bond donors (Lipinski definition) is 1. The van der Waals surface area contributed by atoms with E-state index in [-0.39, 0.29) is 12.0 Å². The maximum absolute atomic E-state index is 12.4. The van der Waals surface area contributed by atoms with Gasteiger partial charge >= 0.3 is 0 Å². The summed E-state index contributed by atoms with van der Waals surface area (Å²) in [5.74, 6) is 0.250. The number of ether oxygens (including phenoxy) is 1. The van der Waals surface area contributed by atoms with Crippen molar-refractivity contribution in [3.05, 3.63) is 34.3 Å². The molecule has 21 heavy (non-hydrogen) atoms. The van der Waals surface area contributed by atoms with Gasteiger partial charge in [-0.2, -0.15) is 0 Å². The predicted molar refractivity (Wildman–Crippen MR) is 85.1 cm³/mol. The van der Waals surface area contributed by atoms with Crippen molar-refractivity contribution >= 4 is 21.8 Å². The molecule has 4 nitrogen and oxygen atoms in total. The van der Waals surface area contributed by atoms with Gasteiger partial charge in [-0.15, -0.1) is 0 Å². The summed E-state index contributed by atoms with van der Waals surface area (Å²) < 4.78 is 6.89. The summed E-state index contributed by atoms with van der Waals surface area (Å²) in [7, 11) is 0. The van der Waals surface area contributed by atoms with Crippen molar-refractivity contribution < 1.29 is 9.53 Å². The van der Waals surface area contributed by atoms with E-state index < -0.39 is 0 Å². The van der Waals surface area contributed by atoms with Gasteiger partial charge in [-0.25, -0.2) is 0 Å². The normalized spacial score (nSPS) is 26.0. The number of carbonyl (C=O) groups is 1. The highest BCUT2D eigenvalue weighted by Gasteiger charge is 2.27. The van der Waals surface area contributed by atoms with E-state index in [0.29, 0.717) is 32.2 Å². The van der Waals surface area contributed by atoms with Crippen LogP contribution in [0.15, 0.2) is 28.7 Å². The predicted octanol–water partition coefficient (Wildman–Crippen LogP) is 2.49. The highest BCUT2D eigenvalue weighted by atomic mass is 79.9. The molecule has 1 amide bonds. The first-order valence-corrected chi connectivity index (χ1v) is 8.40. The number of nitrogens with one attached hydrogen (secondary N) is 1. The van der Waals surface area contributed by atoms with Crippen molar-refractivity contribution in [3.63, 3.8) is 0 Å². The lowest BCUT2D eigenvalue weighted by atomic mass is 10.1. The Morgan fingerprint density at radius 3 is 2.90 bits per heavy atom. The summed E-state index contributed by atoms with van der Waals surface area (Å²) >= 11 is 3.44. The molecule has 2 fully saturated rings. The fourth-order valence-electron chi connectivity index (χ4n) is 3.03. The number of hydrogen-bond acceptors (Lipinski definition) is 3. The Morgan fingerprint density at radius 2 is 2.19 bits per heavy atom. The van der Waals surface area contributed by atoms with E-state index in [0.717, 1.165) is 23.0 Å². The SMILES string of the molecule is O=C(CC1CCCN1)N1CCOC(c2ccc(Br)cc2)C1. The summed E-state index contributed by atoms with van der Waals surface area (Å²) in [4.78, 5) is 14.4. The molecule has 1 aromatic rings. The van der Waals surface area contributed by atoms with Gasteiger partial charge in [-0.1, -0.05) is 28.1 Å². The molecule has 2 atom stereocenters. The molecular formula is C16H21BrN2O2. The zero-order chi connectivity index (χ0) is 14.7.